The summed E-state index contributed by atoms with van der Waals surface area (Å²) in [4.78, 5) is 3.92. The molecule has 3 aromatic rings. The number of hydrogen-bond acceptors (Lipinski definition) is 6. The first-order valence-electron chi connectivity index (χ1n) is 5.03. The van der Waals surface area contributed by atoms with Crippen molar-refractivity contribution in [1.29, 1.82) is 0 Å². The number of aromatic nitrogens is 3. The minimum absolute atomic E-state index is 0.454. The summed E-state index contributed by atoms with van der Waals surface area (Å²) < 4.78 is 10.3. The number of pyridine rings is 1. The topological polar surface area (TPSA) is 87.1 Å². The van der Waals surface area contributed by atoms with Crippen LogP contribution in [-0.4, -0.2) is 15.3 Å². The number of halogens is 1. The van der Waals surface area contributed by atoms with Crippen LogP contribution in [0.1, 0.15) is 0 Å². The third kappa shape index (κ3) is 1.82. The van der Waals surface area contributed by atoms with Gasteiger partial charge in [0.25, 0.3) is 0 Å². The van der Waals surface area contributed by atoms with Crippen LogP contribution in [0.3, 0.4) is 0 Å². The maximum absolute atomic E-state index is 5.82. The van der Waals surface area contributed by atoms with Gasteiger partial charge in [0.05, 0.1) is 16.9 Å². The fourth-order valence-corrected chi connectivity index (χ4v) is 1.68. The highest BCUT2D eigenvalue weighted by atomic mass is 35.5. The van der Waals surface area contributed by atoms with Gasteiger partial charge in [-0.1, -0.05) is 11.6 Å². The Morgan fingerprint density at radius 3 is 2.83 bits per heavy atom. The van der Waals surface area contributed by atoms with Crippen LogP contribution in [-0.2, 0) is 0 Å². The predicted octanol–water partition coefficient (Wildman–Crippen LogP) is 2.65. The summed E-state index contributed by atoms with van der Waals surface area (Å²) in [5.41, 5.74) is 7.12. The van der Waals surface area contributed by atoms with Gasteiger partial charge in [0, 0.05) is 12.3 Å². The third-order valence-corrected chi connectivity index (χ3v) is 2.52. The molecule has 0 saturated heterocycles. The zero-order valence-corrected chi connectivity index (χ0v) is 9.76. The van der Waals surface area contributed by atoms with Crippen LogP contribution in [0.4, 0.5) is 5.69 Å². The molecule has 1 aromatic carbocycles. The Kier molecular flexibility index (Phi) is 2.49. The second kappa shape index (κ2) is 4.15. The van der Waals surface area contributed by atoms with Crippen molar-refractivity contribution in [3.8, 4) is 11.5 Å². The van der Waals surface area contributed by atoms with Crippen LogP contribution < -0.4 is 10.5 Å². The van der Waals surface area contributed by atoms with Crippen LogP contribution >= 0.6 is 11.6 Å². The summed E-state index contributed by atoms with van der Waals surface area (Å²) in [7, 11) is 0. The molecular formula is C11H7ClN4O2. The van der Waals surface area contributed by atoms with E-state index in [-0.39, 0.29) is 0 Å². The molecule has 0 atom stereocenters. The van der Waals surface area contributed by atoms with Crippen molar-refractivity contribution in [2.75, 3.05) is 5.73 Å². The van der Waals surface area contributed by atoms with E-state index in [0.29, 0.717) is 33.2 Å². The molecule has 0 fully saturated rings. The van der Waals surface area contributed by atoms with E-state index < -0.39 is 0 Å². The predicted molar refractivity (Wildman–Crippen MR) is 65.5 cm³/mol. The van der Waals surface area contributed by atoms with E-state index in [2.05, 4.69) is 19.9 Å². The molecule has 6 nitrogen and oxygen atoms in total. The average molecular weight is 263 g/mol. The van der Waals surface area contributed by atoms with E-state index in [0.717, 1.165) is 0 Å². The Hall–Kier alpha value is -2.34. The monoisotopic (exact) mass is 262 g/mol. The first-order valence-corrected chi connectivity index (χ1v) is 5.41. The van der Waals surface area contributed by atoms with E-state index in [4.69, 9.17) is 22.1 Å². The van der Waals surface area contributed by atoms with Gasteiger partial charge in [0.2, 0.25) is 0 Å². The van der Waals surface area contributed by atoms with Gasteiger partial charge in [-0.3, -0.25) is 4.98 Å². The zero-order valence-electron chi connectivity index (χ0n) is 9.00. The van der Waals surface area contributed by atoms with Crippen molar-refractivity contribution < 1.29 is 9.37 Å². The van der Waals surface area contributed by atoms with Crippen LogP contribution in [0.15, 0.2) is 35.2 Å². The number of ether oxygens (including phenoxy) is 1. The van der Waals surface area contributed by atoms with Crippen LogP contribution in [0.25, 0.3) is 11.0 Å². The lowest BCUT2D eigenvalue weighted by atomic mass is 10.2. The summed E-state index contributed by atoms with van der Waals surface area (Å²) in [5, 5.41) is 7.94. The van der Waals surface area contributed by atoms with Gasteiger partial charge in [-0.2, -0.15) is 0 Å². The van der Waals surface area contributed by atoms with E-state index in [1.165, 1.54) is 6.20 Å². The molecule has 2 N–H and O–H groups in total. The molecular weight excluding hydrogens is 256 g/mol. The van der Waals surface area contributed by atoms with Crippen LogP contribution in [0.5, 0.6) is 11.5 Å². The van der Waals surface area contributed by atoms with Gasteiger partial charge in [0.15, 0.2) is 16.8 Å². The third-order valence-electron chi connectivity index (χ3n) is 2.32. The highest BCUT2D eigenvalue weighted by molar-refractivity contribution is 6.30. The quantitative estimate of drug-likeness (QED) is 0.715. The molecule has 0 bridgehead atoms. The van der Waals surface area contributed by atoms with E-state index in [1.54, 1.807) is 24.4 Å². The van der Waals surface area contributed by atoms with Crippen LogP contribution in [0, 0.1) is 0 Å². The first kappa shape index (κ1) is 10.8. The van der Waals surface area contributed by atoms with Crippen LogP contribution in [0.2, 0.25) is 5.02 Å². The molecule has 0 radical (unpaired) electrons. The number of nitrogen functional groups attached to an aromatic ring is 1. The molecule has 0 aliphatic carbocycles. The summed E-state index contributed by atoms with van der Waals surface area (Å²) in [6.07, 6.45) is 3.06. The molecule has 3 rings (SSSR count). The van der Waals surface area contributed by atoms with E-state index >= 15 is 0 Å². The summed E-state index contributed by atoms with van der Waals surface area (Å²) in [6, 6.07) is 4.99. The minimum atomic E-state index is 0.454. The lowest BCUT2D eigenvalue weighted by molar-refractivity contribution is 0.314. The van der Waals surface area contributed by atoms with Gasteiger partial charge in [-0.25, -0.2) is 4.63 Å². The van der Waals surface area contributed by atoms with E-state index in [9.17, 15) is 0 Å². The standard InChI is InChI=1S/C11H7ClN4O2/c12-6-3-7(5-14-4-6)17-9-2-1-8(13)10-11(9)16-18-15-10/h1-5H,13H2. The van der Waals surface area contributed by atoms with Gasteiger partial charge in [-0.15, -0.1) is 0 Å². The highest BCUT2D eigenvalue weighted by Crippen LogP contribution is 2.31. The number of fused-ring (bicyclic) bond motifs is 1. The summed E-state index contributed by atoms with van der Waals surface area (Å²) in [6.45, 7) is 0. The van der Waals surface area contributed by atoms with Crippen molar-refractivity contribution in [3.63, 3.8) is 0 Å². The lowest BCUT2D eigenvalue weighted by Gasteiger charge is -2.05. The maximum atomic E-state index is 5.82. The van der Waals surface area contributed by atoms with E-state index in [1.807, 2.05) is 0 Å². The normalized spacial score (nSPS) is 10.7. The Bertz CT molecular complexity index is 713. The largest absolute Gasteiger partial charge is 0.453 e. The van der Waals surface area contributed by atoms with Gasteiger partial charge in [0.1, 0.15) is 5.75 Å². The fraction of sp³-hybridized carbons (Fsp3) is 0. The molecule has 2 aromatic heterocycles. The van der Waals surface area contributed by atoms with Crippen molar-refractivity contribution in [1.82, 2.24) is 15.3 Å². The maximum Gasteiger partial charge on any atom is 0.179 e. The van der Waals surface area contributed by atoms with Crippen molar-refractivity contribution in [2.24, 2.45) is 0 Å². The average Bonchev–Trinajstić information content (AvgIpc) is 2.83. The summed E-state index contributed by atoms with van der Waals surface area (Å²) in [5.74, 6) is 0.973. The zero-order chi connectivity index (χ0) is 12.5. The Morgan fingerprint density at radius 2 is 2.00 bits per heavy atom. The molecule has 90 valence electrons. The first-order chi connectivity index (χ1) is 8.74. The highest BCUT2D eigenvalue weighted by Gasteiger charge is 2.12. The lowest BCUT2D eigenvalue weighted by Crippen LogP contribution is -1.90. The second-order valence-corrected chi connectivity index (χ2v) is 3.99. The van der Waals surface area contributed by atoms with Crippen molar-refractivity contribution in [3.05, 3.63) is 35.6 Å². The number of benzene rings is 1. The number of anilines is 1. The molecule has 0 unspecified atom stereocenters. The van der Waals surface area contributed by atoms with Crippen molar-refractivity contribution >= 4 is 28.3 Å². The smallest absolute Gasteiger partial charge is 0.179 e. The molecule has 18 heavy (non-hydrogen) atoms. The Balaban J connectivity index is 2.05. The second-order valence-electron chi connectivity index (χ2n) is 3.56. The number of rotatable bonds is 2. The molecule has 0 aliphatic heterocycles. The molecule has 2 heterocycles. The molecule has 0 amide bonds. The molecule has 7 heteroatoms. The van der Waals surface area contributed by atoms with Gasteiger partial charge >= 0.3 is 0 Å². The van der Waals surface area contributed by atoms with Gasteiger partial charge < -0.3 is 10.5 Å². The van der Waals surface area contributed by atoms with Crippen molar-refractivity contribution in [2.45, 2.75) is 0 Å². The van der Waals surface area contributed by atoms with Gasteiger partial charge in [-0.05, 0) is 22.4 Å². The SMILES string of the molecule is Nc1ccc(Oc2cncc(Cl)c2)c2nonc12. The number of nitrogens with zero attached hydrogens (tertiary/aromatic N) is 3. The number of nitrogens with two attached hydrogens (primary N) is 1. The molecule has 0 saturated carbocycles. The minimum Gasteiger partial charge on any atom is -0.453 e. The fourth-order valence-electron chi connectivity index (χ4n) is 1.52. The summed E-state index contributed by atoms with van der Waals surface area (Å²) >= 11 is 5.82. The Labute approximate surface area is 106 Å². The molecule has 0 aliphatic rings. The number of hydrogen-bond donors (Lipinski definition) is 1. The molecule has 0 spiro atoms. The Morgan fingerprint density at radius 1 is 1.17 bits per heavy atom.